The quantitative estimate of drug-likeness (QED) is 0.308. The molecular weight excluding hydrogens is 342 g/mol. The van der Waals surface area contributed by atoms with Gasteiger partial charge in [-0.1, -0.05) is 42.5 Å². The highest BCUT2D eigenvalue weighted by molar-refractivity contribution is 8.00. The first-order chi connectivity index (χ1) is 12.0. The number of methoxy groups -OCH3 is 1. The molecule has 0 aliphatic carbocycles. The van der Waals surface area contributed by atoms with Crippen LogP contribution in [0.3, 0.4) is 0 Å². The maximum absolute atomic E-state index is 12.5. The van der Waals surface area contributed by atoms with Gasteiger partial charge in [0.25, 0.3) is 5.69 Å². The number of carbonyl (C=O) groups excluding carboxylic acids is 2. The van der Waals surface area contributed by atoms with Gasteiger partial charge in [0.15, 0.2) is 5.78 Å². The minimum absolute atomic E-state index is 0.0187. The highest BCUT2D eigenvalue weighted by Crippen LogP contribution is 2.34. The third kappa shape index (κ3) is 5.42. The van der Waals surface area contributed by atoms with E-state index in [1.165, 1.54) is 31.0 Å². The first-order valence-corrected chi connectivity index (χ1v) is 8.57. The van der Waals surface area contributed by atoms with Crippen molar-refractivity contribution in [3.63, 3.8) is 0 Å². The summed E-state index contributed by atoms with van der Waals surface area (Å²) in [6.07, 6.45) is 0.184. The molecule has 0 fully saturated rings. The first kappa shape index (κ1) is 18.7. The van der Waals surface area contributed by atoms with Crippen molar-refractivity contribution < 1.29 is 19.2 Å². The molecule has 25 heavy (non-hydrogen) atoms. The number of Topliss-reactive ketones (excluding diaryl/α,β-unsaturated/α-hetero) is 1. The van der Waals surface area contributed by atoms with Gasteiger partial charge in [-0.3, -0.25) is 19.7 Å². The van der Waals surface area contributed by atoms with Crippen LogP contribution in [-0.2, 0) is 9.53 Å². The Balaban J connectivity index is 2.18. The number of hydrogen-bond acceptors (Lipinski definition) is 6. The highest BCUT2D eigenvalue weighted by atomic mass is 32.2. The van der Waals surface area contributed by atoms with Crippen LogP contribution >= 0.6 is 11.8 Å². The number of nitrogens with zero attached hydrogens (tertiary/aromatic N) is 1. The number of nitro groups is 1. The SMILES string of the molecule is COC(=O)CSC(CC(=O)c1ccccc1)c1ccc([N+](=O)[O-])cc1. The number of benzene rings is 2. The minimum atomic E-state index is -0.477. The zero-order valence-corrected chi connectivity index (χ0v) is 14.4. The average molecular weight is 359 g/mol. The Morgan fingerprint density at radius 3 is 2.32 bits per heavy atom. The molecule has 0 heterocycles. The standard InChI is InChI=1S/C18H17NO5S/c1-24-18(21)12-25-17(11-16(20)13-5-3-2-4-6-13)14-7-9-15(10-8-14)19(22)23/h2-10,17H,11-12H2,1H3. The fourth-order valence-electron chi connectivity index (χ4n) is 2.22. The Hall–Kier alpha value is -2.67. The van der Waals surface area contributed by atoms with Crippen molar-refractivity contribution in [3.8, 4) is 0 Å². The van der Waals surface area contributed by atoms with Gasteiger partial charge in [0.2, 0.25) is 0 Å². The predicted octanol–water partition coefficient (Wildman–Crippen LogP) is 3.82. The lowest BCUT2D eigenvalue weighted by atomic mass is 10.0. The summed E-state index contributed by atoms with van der Waals surface area (Å²) in [5.41, 5.74) is 1.33. The summed E-state index contributed by atoms with van der Waals surface area (Å²) < 4.78 is 4.64. The summed E-state index contributed by atoms with van der Waals surface area (Å²) in [7, 11) is 1.30. The van der Waals surface area contributed by atoms with Gasteiger partial charge in [0.1, 0.15) is 0 Å². The van der Waals surface area contributed by atoms with E-state index in [2.05, 4.69) is 4.74 Å². The molecular formula is C18H17NO5S. The predicted molar refractivity (Wildman–Crippen MR) is 95.7 cm³/mol. The third-order valence-corrected chi connectivity index (χ3v) is 4.82. The number of non-ortho nitro benzene ring substituents is 1. The molecule has 0 N–H and O–H groups in total. The van der Waals surface area contributed by atoms with Crippen LogP contribution in [0.1, 0.15) is 27.6 Å². The van der Waals surface area contributed by atoms with E-state index in [-0.39, 0.29) is 34.9 Å². The second-order valence-electron chi connectivity index (χ2n) is 5.22. The number of ether oxygens (including phenoxy) is 1. The molecule has 130 valence electrons. The van der Waals surface area contributed by atoms with Crippen molar-refractivity contribution in [1.82, 2.24) is 0 Å². The van der Waals surface area contributed by atoms with Gasteiger partial charge in [-0.05, 0) is 5.56 Å². The van der Waals surface area contributed by atoms with Gasteiger partial charge in [-0.15, -0.1) is 11.8 Å². The molecule has 0 saturated carbocycles. The fraction of sp³-hybridized carbons (Fsp3) is 0.222. The van der Waals surface area contributed by atoms with Crippen molar-refractivity contribution in [2.24, 2.45) is 0 Å². The Bertz CT molecular complexity index is 746. The van der Waals surface area contributed by atoms with Gasteiger partial charge >= 0.3 is 5.97 Å². The summed E-state index contributed by atoms with van der Waals surface area (Å²) in [5, 5.41) is 10.5. The van der Waals surface area contributed by atoms with Crippen LogP contribution in [0.5, 0.6) is 0 Å². The van der Waals surface area contributed by atoms with Crippen molar-refractivity contribution in [2.75, 3.05) is 12.9 Å². The molecule has 1 atom stereocenters. The molecule has 7 heteroatoms. The van der Waals surface area contributed by atoms with E-state index in [0.29, 0.717) is 5.56 Å². The fourth-order valence-corrected chi connectivity index (χ4v) is 3.30. The summed E-state index contributed by atoms with van der Waals surface area (Å²) in [6, 6.07) is 14.9. The largest absolute Gasteiger partial charge is 0.468 e. The molecule has 0 amide bonds. The molecule has 0 saturated heterocycles. The lowest BCUT2D eigenvalue weighted by Crippen LogP contribution is -2.10. The molecule has 6 nitrogen and oxygen atoms in total. The molecule has 0 aromatic heterocycles. The average Bonchev–Trinajstić information content (AvgIpc) is 2.65. The molecule has 0 aliphatic rings. The van der Waals surface area contributed by atoms with E-state index in [4.69, 9.17) is 0 Å². The number of esters is 1. The summed E-state index contributed by atoms with van der Waals surface area (Å²) in [4.78, 5) is 34.2. The molecule has 2 aromatic rings. The van der Waals surface area contributed by atoms with E-state index in [1.54, 1.807) is 36.4 Å². The Labute approximate surface area is 149 Å². The number of ketones is 1. The smallest absolute Gasteiger partial charge is 0.315 e. The second-order valence-corrected chi connectivity index (χ2v) is 6.41. The van der Waals surface area contributed by atoms with Gasteiger partial charge in [0, 0.05) is 29.4 Å². The Morgan fingerprint density at radius 1 is 1.12 bits per heavy atom. The number of nitro benzene ring substituents is 1. The zero-order chi connectivity index (χ0) is 18.2. The van der Waals surface area contributed by atoms with Crippen LogP contribution in [0.2, 0.25) is 0 Å². The highest BCUT2D eigenvalue weighted by Gasteiger charge is 2.20. The lowest BCUT2D eigenvalue weighted by molar-refractivity contribution is -0.384. The molecule has 1 unspecified atom stereocenters. The van der Waals surface area contributed by atoms with Gasteiger partial charge < -0.3 is 4.74 Å². The number of hydrogen-bond donors (Lipinski definition) is 0. The molecule has 2 rings (SSSR count). The van der Waals surface area contributed by atoms with E-state index in [9.17, 15) is 19.7 Å². The normalized spacial score (nSPS) is 11.6. The Morgan fingerprint density at radius 2 is 1.76 bits per heavy atom. The summed E-state index contributed by atoms with van der Waals surface area (Å²) in [6.45, 7) is 0. The number of carbonyl (C=O) groups is 2. The molecule has 0 bridgehead atoms. The molecule has 0 aliphatic heterocycles. The van der Waals surface area contributed by atoms with Crippen LogP contribution in [0.15, 0.2) is 54.6 Å². The second kappa shape index (κ2) is 8.98. The van der Waals surface area contributed by atoms with Crippen molar-refractivity contribution >= 4 is 29.2 Å². The van der Waals surface area contributed by atoms with E-state index >= 15 is 0 Å². The van der Waals surface area contributed by atoms with E-state index in [0.717, 1.165) is 5.56 Å². The molecule has 0 spiro atoms. The van der Waals surface area contributed by atoms with Gasteiger partial charge in [-0.2, -0.15) is 0 Å². The van der Waals surface area contributed by atoms with Gasteiger partial charge in [0.05, 0.1) is 17.8 Å². The monoisotopic (exact) mass is 359 g/mol. The third-order valence-electron chi connectivity index (χ3n) is 3.57. The van der Waals surface area contributed by atoms with Crippen LogP contribution in [-0.4, -0.2) is 29.5 Å². The minimum Gasteiger partial charge on any atom is -0.468 e. The zero-order valence-electron chi connectivity index (χ0n) is 13.6. The molecule has 0 radical (unpaired) electrons. The van der Waals surface area contributed by atoms with Crippen molar-refractivity contribution in [3.05, 3.63) is 75.8 Å². The maximum Gasteiger partial charge on any atom is 0.315 e. The maximum atomic E-state index is 12.5. The summed E-state index contributed by atoms with van der Waals surface area (Å²) >= 11 is 1.28. The van der Waals surface area contributed by atoms with Crippen molar-refractivity contribution in [1.29, 1.82) is 0 Å². The van der Waals surface area contributed by atoms with Gasteiger partial charge in [-0.25, -0.2) is 0 Å². The van der Waals surface area contributed by atoms with E-state index in [1.807, 2.05) is 6.07 Å². The number of thioether (sulfide) groups is 1. The van der Waals surface area contributed by atoms with Crippen LogP contribution < -0.4 is 0 Å². The first-order valence-electron chi connectivity index (χ1n) is 7.52. The topological polar surface area (TPSA) is 86.5 Å². The molecule has 2 aromatic carbocycles. The van der Waals surface area contributed by atoms with Crippen LogP contribution in [0.4, 0.5) is 5.69 Å². The van der Waals surface area contributed by atoms with Crippen LogP contribution in [0, 0.1) is 10.1 Å². The number of rotatable bonds is 8. The lowest BCUT2D eigenvalue weighted by Gasteiger charge is -2.16. The summed E-state index contributed by atoms with van der Waals surface area (Å²) in [5.74, 6) is -0.342. The van der Waals surface area contributed by atoms with Crippen LogP contribution in [0.25, 0.3) is 0 Å². The van der Waals surface area contributed by atoms with E-state index < -0.39 is 4.92 Å². The Kier molecular flexibility index (Phi) is 6.71. The van der Waals surface area contributed by atoms with Crippen molar-refractivity contribution in [2.45, 2.75) is 11.7 Å².